The first-order valence-electron chi connectivity index (χ1n) is 12.8. The molecule has 2 aromatic heterocycles. The van der Waals surface area contributed by atoms with E-state index in [0.29, 0.717) is 23.1 Å². The van der Waals surface area contributed by atoms with Crippen molar-refractivity contribution >= 4 is 34.9 Å². The van der Waals surface area contributed by atoms with Gasteiger partial charge in [0.2, 0.25) is 0 Å². The van der Waals surface area contributed by atoms with Gasteiger partial charge in [0.05, 0.1) is 11.2 Å². The maximum atomic E-state index is 13.3. The smallest absolute Gasteiger partial charge is 0.308 e. The molecule has 8 nitrogen and oxygen atoms in total. The molecule has 2 saturated carbocycles. The molecule has 37 heavy (non-hydrogen) atoms. The number of ether oxygens (including phenoxy) is 1. The molecule has 0 saturated heterocycles. The third-order valence-electron chi connectivity index (χ3n) is 6.55. The van der Waals surface area contributed by atoms with Crippen LogP contribution in [0.3, 0.4) is 0 Å². The van der Waals surface area contributed by atoms with Crippen LogP contribution in [0.5, 0.6) is 5.88 Å². The van der Waals surface area contributed by atoms with Crippen LogP contribution in [-0.4, -0.2) is 38.4 Å². The standard InChI is InChI=1S/C26H28N4O2.C2H6.CH2O2/c1-5-7-24(31)30(22-15-17(3)16(2)14-20(22)18-10-11-18)23-13-12-21-25(27-23)26(28-29(21)4)32-19-8-6-9-19;1-2;2-1-3/h12-15,18-19H,6,8-11H2,1-4H3;1-2H3;1H,(H,2,3). The van der Waals surface area contributed by atoms with E-state index in [1.807, 2.05) is 33.0 Å². The van der Waals surface area contributed by atoms with Crippen LogP contribution >= 0.6 is 0 Å². The topological polar surface area (TPSA) is 97.6 Å². The first-order valence-corrected chi connectivity index (χ1v) is 12.8. The summed E-state index contributed by atoms with van der Waals surface area (Å²) in [5.74, 6) is 6.76. The molecule has 0 spiro atoms. The number of aromatic nitrogens is 3. The molecule has 1 N–H and O–H groups in total. The van der Waals surface area contributed by atoms with Crippen LogP contribution in [0, 0.1) is 25.7 Å². The molecule has 3 aromatic rings. The summed E-state index contributed by atoms with van der Waals surface area (Å²) in [6.07, 6.45) is 5.76. The molecule has 0 radical (unpaired) electrons. The van der Waals surface area contributed by atoms with E-state index >= 15 is 0 Å². The van der Waals surface area contributed by atoms with Crippen molar-refractivity contribution in [2.45, 2.75) is 78.7 Å². The van der Waals surface area contributed by atoms with Crippen molar-refractivity contribution < 1.29 is 19.4 Å². The number of hydrogen-bond acceptors (Lipinski definition) is 5. The summed E-state index contributed by atoms with van der Waals surface area (Å²) < 4.78 is 7.90. The maximum absolute atomic E-state index is 13.3. The van der Waals surface area contributed by atoms with E-state index in [9.17, 15) is 4.79 Å². The summed E-state index contributed by atoms with van der Waals surface area (Å²) in [6.45, 7) is 9.62. The van der Waals surface area contributed by atoms with E-state index in [-0.39, 0.29) is 18.5 Å². The summed E-state index contributed by atoms with van der Waals surface area (Å²) in [5.41, 5.74) is 5.99. The first kappa shape index (κ1) is 27.7. The molecule has 2 fully saturated rings. The second kappa shape index (κ2) is 12.4. The molecule has 0 atom stereocenters. The van der Waals surface area contributed by atoms with Gasteiger partial charge in [-0.25, -0.2) is 4.98 Å². The van der Waals surface area contributed by atoms with E-state index in [2.05, 4.69) is 42.9 Å². The number of aryl methyl sites for hydroxylation is 3. The molecule has 8 heteroatoms. The van der Waals surface area contributed by atoms with Crippen molar-refractivity contribution in [1.82, 2.24) is 14.8 Å². The Morgan fingerprint density at radius 3 is 2.38 bits per heavy atom. The maximum Gasteiger partial charge on any atom is 0.308 e. The van der Waals surface area contributed by atoms with Gasteiger partial charge >= 0.3 is 5.91 Å². The number of carbonyl (C=O) groups is 2. The Morgan fingerprint density at radius 2 is 1.81 bits per heavy atom. The lowest BCUT2D eigenvalue weighted by Crippen LogP contribution is -2.27. The van der Waals surface area contributed by atoms with Gasteiger partial charge < -0.3 is 9.84 Å². The lowest BCUT2D eigenvalue weighted by molar-refractivity contribution is -0.122. The summed E-state index contributed by atoms with van der Waals surface area (Å²) in [5, 5.41) is 11.4. The monoisotopic (exact) mass is 504 g/mol. The van der Waals surface area contributed by atoms with Gasteiger partial charge in [0.15, 0.2) is 5.52 Å². The van der Waals surface area contributed by atoms with E-state index in [1.54, 1.807) is 16.5 Å². The van der Waals surface area contributed by atoms with Crippen LogP contribution in [0.15, 0.2) is 24.3 Å². The van der Waals surface area contributed by atoms with Crippen LogP contribution < -0.4 is 9.64 Å². The van der Waals surface area contributed by atoms with Crippen molar-refractivity contribution in [3.63, 3.8) is 0 Å². The zero-order chi connectivity index (χ0) is 27.1. The van der Waals surface area contributed by atoms with E-state index in [0.717, 1.165) is 42.5 Å². The zero-order valence-corrected chi connectivity index (χ0v) is 22.5. The highest BCUT2D eigenvalue weighted by Crippen LogP contribution is 2.46. The number of amides is 1. The number of anilines is 2. The van der Waals surface area contributed by atoms with Crippen LogP contribution in [0.25, 0.3) is 11.0 Å². The van der Waals surface area contributed by atoms with Crippen LogP contribution in [0.1, 0.15) is 75.5 Å². The van der Waals surface area contributed by atoms with Gasteiger partial charge in [-0.2, -0.15) is 0 Å². The minimum atomic E-state index is -0.283. The molecule has 2 aliphatic carbocycles. The summed E-state index contributed by atoms with van der Waals surface area (Å²) in [6, 6.07) is 8.14. The highest BCUT2D eigenvalue weighted by Gasteiger charge is 2.31. The number of carbonyl (C=O) groups excluding carboxylic acids is 1. The molecule has 2 aliphatic rings. The fourth-order valence-electron chi connectivity index (χ4n) is 4.19. The molecule has 0 unspecified atom stereocenters. The molecule has 2 heterocycles. The SMILES string of the molecule is CC.CC#CC(=O)N(c1ccc2c(n1)c(OC1CCC1)nn2C)c1cc(C)c(C)cc1C1CC1.O=CO. The van der Waals surface area contributed by atoms with Crippen molar-refractivity contribution in [2.24, 2.45) is 7.05 Å². The third kappa shape index (κ3) is 6.11. The molecule has 0 aliphatic heterocycles. The summed E-state index contributed by atoms with van der Waals surface area (Å²) in [7, 11) is 1.89. The van der Waals surface area contributed by atoms with Crippen molar-refractivity contribution in [1.29, 1.82) is 0 Å². The van der Waals surface area contributed by atoms with Gasteiger partial charge in [-0.05, 0) is 99.6 Å². The van der Waals surface area contributed by atoms with Crippen LogP contribution in [0.4, 0.5) is 11.5 Å². The molecule has 1 amide bonds. The Kier molecular flexibility index (Phi) is 9.29. The number of pyridine rings is 1. The minimum Gasteiger partial charge on any atom is -0.483 e. The number of hydrogen-bond donors (Lipinski definition) is 1. The number of benzene rings is 1. The second-order valence-corrected chi connectivity index (χ2v) is 9.03. The third-order valence-corrected chi connectivity index (χ3v) is 6.55. The molecule has 0 bridgehead atoms. The Hall–Kier alpha value is -3.86. The summed E-state index contributed by atoms with van der Waals surface area (Å²) in [4.78, 5) is 28.2. The molecule has 5 rings (SSSR count). The highest BCUT2D eigenvalue weighted by molar-refractivity contribution is 6.11. The number of rotatable bonds is 5. The van der Waals surface area contributed by atoms with Crippen LogP contribution in [0.2, 0.25) is 0 Å². The number of fused-ring (bicyclic) bond motifs is 1. The fraction of sp³-hybridized carbons (Fsp3) is 0.448. The van der Waals surface area contributed by atoms with Gasteiger partial charge in [0, 0.05) is 7.05 Å². The van der Waals surface area contributed by atoms with Gasteiger partial charge in [-0.3, -0.25) is 19.2 Å². The average molecular weight is 505 g/mol. The Morgan fingerprint density at radius 1 is 1.16 bits per heavy atom. The predicted molar refractivity (Wildman–Crippen MR) is 145 cm³/mol. The summed E-state index contributed by atoms with van der Waals surface area (Å²) >= 11 is 0. The Labute approximate surface area is 218 Å². The van der Waals surface area contributed by atoms with E-state index in [4.69, 9.17) is 19.6 Å². The normalized spacial score (nSPS) is 14.1. The largest absolute Gasteiger partial charge is 0.483 e. The van der Waals surface area contributed by atoms with Gasteiger partial charge in [-0.1, -0.05) is 25.8 Å². The first-order chi connectivity index (χ1) is 17.9. The van der Waals surface area contributed by atoms with E-state index in [1.165, 1.54) is 17.5 Å². The minimum absolute atomic E-state index is 0.198. The lowest BCUT2D eigenvalue weighted by Gasteiger charge is -2.25. The predicted octanol–water partition coefficient (Wildman–Crippen LogP) is 5.81. The number of carboxylic acid groups (broad SMARTS) is 1. The van der Waals surface area contributed by atoms with Gasteiger partial charge in [0.25, 0.3) is 12.4 Å². The van der Waals surface area contributed by atoms with Crippen molar-refractivity contribution in [2.75, 3.05) is 4.90 Å². The Bertz CT molecular complexity index is 1330. The quantitative estimate of drug-likeness (QED) is 0.348. The number of nitrogens with zero attached hydrogens (tertiary/aromatic N) is 4. The Balaban J connectivity index is 0.000000711. The zero-order valence-electron chi connectivity index (χ0n) is 22.5. The molecule has 1 aromatic carbocycles. The second-order valence-electron chi connectivity index (χ2n) is 9.03. The van der Waals surface area contributed by atoms with Gasteiger partial charge in [-0.15, -0.1) is 5.10 Å². The van der Waals surface area contributed by atoms with Gasteiger partial charge in [0.1, 0.15) is 11.9 Å². The molecular weight excluding hydrogens is 468 g/mol. The molecular formula is C29H36N4O4. The van der Waals surface area contributed by atoms with Crippen molar-refractivity contribution in [3.8, 4) is 17.7 Å². The highest BCUT2D eigenvalue weighted by atomic mass is 16.5. The molecule has 196 valence electrons. The van der Waals surface area contributed by atoms with Crippen molar-refractivity contribution in [3.05, 3.63) is 41.0 Å². The van der Waals surface area contributed by atoms with Crippen LogP contribution in [-0.2, 0) is 16.6 Å². The average Bonchev–Trinajstić information content (AvgIpc) is 3.65. The van der Waals surface area contributed by atoms with E-state index < -0.39 is 0 Å². The fourth-order valence-corrected chi connectivity index (χ4v) is 4.19. The lowest BCUT2D eigenvalue weighted by atomic mass is 9.96.